The van der Waals surface area contributed by atoms with Crippen LogP contribution in [-0.2, 0) is 16.2 Å². The first kappa shape index (κ1) is 24.0. The molecule has 0 fully saturated rings. The Bertz CT molecular complexity index is 1190. The summed E-state index contributed by atoms with van der Waals surface area (Å²) >= 11 is 11.7. The van der Waals surface area contributed by atoms with Gasteiger partial charge in [0.25, 0.3) is 0 Å². The molecule has 0 unspecified atom stereocenters. The van der Waals surface area contributed by atoms with Gasteiger partial charge in [-0.1, -0.05) is 35.3 Å². The number of ether oxygens (including phenoxy) is 2. The van der Waals surface area contributed by atoms with Gasteiger partial charge in [0, 0.05) is 5.69 Å². The van der Waals surface area contributed by atoms with E-state index in [1.165, 1.54) is 43.7 Å². The standard InChI is InChI=1S/C23H18Cl2FN3O4/c1-32-21-10-15(4-9-20(21)33-13-14-2-5-16(26)6-3-14)12-27-29-23(31)22(30)28-17-7-8-18(24)19(25)11-17/h2-12H,13H2,1H3,(H,28,30)(H,29,31)/b27-12+. The molecule has 0 spiro atoms. The zero-order chi connectivity index (χ0) is 23.8. The molecule has 3 rings (SSSR count). The maximum atomic E-state index is 13.0. The molecule has 0 aliphatic heterocycles. The second kappa shape index (κ2) is 11.3. The van der Waals surface area contributed by atoms with Gasteiger partial charge >= 0.3 is 11.8 Å². The van der Waals surface area contributed by atoms with Gasteiger partial charge in [0.1, 0.15) is 12.4 Å². The minimum atomic E-state index is -0.969. The molecule has 0 atom stereocenters. The molecule has 0 saturated heterocycles. The Morgan fingerprint density at radius 2 is 1.73 bits per heavy atom. The van der Waals surface area contributed by atoms with Gasteiger partial charge in [0.05, 0.1) is 23.4 Å². The largest absolute Gasteiger partial charge is 0.493 e. The van der Waals surface area contributed by atoms with Crippen molar-refractivity contribution in [3.05, 3.63) is 87.7 Å². The van der Waals surface area contributed by atoms with E-state index in [1.807, 2.05) is 0 Å². The first-order valence-corrected chi connectivity index (χ1v) is 10.3. The molecule has 3 aromatic carbocycles. The van der Waals surface area contributed by atoms with Gasteiger partial charge in [0.15, 0.2) is 11.5 Å². The zero-order valence-electron chi connectivity index (χ0n) is 17.3. The Morgan fingerprint density at radius 1 is 0.970 bits per heavy atom. The summed E-state index contributed by atoms with van der Waals surface area (Å²) in [6.45, 7) is 0.230. The summed E-state index contributed by atoms with van der Waals surface area (Å²) in [5.74, 6) is -1.30. The van der Waals surface area contributed by atoms with Gasteiger partial charge < -0.3 is 14.8 Å². The summed E-state index contributed by atoms with van der Waals surface area (Å²) in [5, 5.41) is 6.74. The Morgan fingerprint density at radius 3 is 2.42 bits per heavy atom. The molecule has 0 aliphatic rings. The molecule has 0 heterocycles. The average molecular weight is 490 g/mol. The predicted octanol–water partition coefficient (Wildman–Crippen LogP) is 4.81. The molecule has 2 N–H and O–H groups in total. The minimum absolute atomic E-state index is 0.230. The normalized spacial score (nSPS) is 10.7. The summed E-state index contributed by atoms with van der Waals surface area (Å²) in [4.78, 5) is 23.9. The van der Waals surface area contributed by atoms with Crippen LogP contribution in [0.2, 0.25) is 10.0 Å². The van der Waals surface area contributed by atoms with Gasteiger partial charge in [-0.2, -0.15) is 5.10 Å². The SMILES string of the molecule is COc1cc(/C=N/NC(=O)C(=O)Nc2ccc(Cl)c(Cl)c2)ccc1OCc1ccc(F)cc1. The molecule has 10 heteroatoms. The fourth-order valence-corrected chi connectivity index (χ4v) is 2.90. The summed E-state index contributed by atoms with van der Waals surface area (Å²) in [6.07, 6.45) is 1.34. The zero-order valence-corrected chi connectivity index (χ0v) is 18.8. The van der Waals surface area contributed by atoms with Crippen molar-refractivity contribution in [3.63, 3.8) is 0 Å². The van der Waals surface area contributed by atoms with Gasteiger partial charge in [-0.05, 0) is 59.7 Å². The summed E-state index contributed by atoms with van der Waals surface area (Å²) in [5.41, 5.74) is 3.84. The molecule has 0 bridgehead atoms. The van der Waals surface area contributed by atoms with Crippen molar-refractivity contribution in [1.82, 2.24) is 5.43 Å². The van der Waals surface area contributed by atoms with Crippen LogP contribution in [0.3, 0.4) is 0 Å². The Labute approximate surface area is 199 Å². The van der Waals surface area contributed by atoms with Crippen LogP contribution in [0.4, 0.5) is 10.1 Å². The van der Waals surface area contributed by atoms with E-state index >= 15 is 0 Å². The maximum Gasteiger partial charge on any atom is 0.329 e. The number of carbonyl (C=O) groups is 2. The van der Waals surface area contributed by atoms with Crippen LogP contribution in [0.5, 0.6) is 11.5 Å². The molecule has 170 valence electrons. The molecular formula is C23H18Cl2FN3O4. The number of anilines is 1. The molecule has 0 radical (unpaired) electrons. The van der Waals surface area contributed by atoms with Crippen molar-refractivity contribution < 1.29 is 23.5 Å². The highest BCUT2D eigenvalue weighted by Crippen LogP contribution is 2.28. The van der Waals surface area contributed by atoms with E-state index in [0.29, 0.717) is 27.8 Å². The first-order chi connectivity index (χ1) is 15.9. The van der Waals surface area contributed by atoms with E-state index in [0.717, 1.165) is 5.56 Å². The molecule has 0 aliphatic carbocycles. The quantitative estimate of drug-likeness (QED) is 0.283. The Balaban J connectivity index is 1.56. The smallest absolute Gasteiger partial charge is 0.329 e. The number of amides is 2. The number of nitrogens with one attached hydrogen (secondary N) is 2. The second-order valence-corrected chi connectivity index (χ2v) is 7.42. The topological polar surface area (TPSA) is 89.0 Å². The van der Waals surface area contributed by atoms with Crippen molar-refractivity contribution in [2.75, 3.05) is 12.4 Å². The lowest BCUT2D eigenvalue weighted by atomic mass is 10.2. The maximum absolute atomic E-state index is 13.0. The lowest BCUT2D eigenvalue weighted by Crippen LogP contribution is -2.32. The van der Waals surface area contributed by atoms with Crippen molar-refractivity contribution in [1.29, 1.82) is 0 Å². The second-order valence-electron chi connectivity index (χ2n) is 6.61. The summed E-state index contributed by atoms with van der Waals surface area (Å²) in [7, 11) is 1.48. The van der Waals surface area contributed by atoms with E-state index in [2.05, 4.69) is 15.8 Å². The third-order valence-corrected chi connectivity index (χ3v) is 5.00. The van der Waals surface area contributed by atoms with E-state index in [1.54, 1.807) is 30.3 Å². The minimum Gasteiger partial charge on any atom is -0.493 e. The first-order valence-electron chi connectivity index (χ1n) is 9.50. The third kappa shape index (κ3) is 6.93. The highest BCUT2D eigenvalue weighted by atomic mass is 35.5. The number of methoxy groups -OCH3 is 1. The molecular weight excluding hydrogens is 472 g/mol. The molecule has 7 nitrogen and oxygen atoms in total. The van der Waals surface area contributed by atoms with Crippen LogP contribution >= 0.6 is 23.2 Å². The molecule has 0 saturated carbocycles. The molecule has 2 amide bonds. The van der Waals surface area contributed by atoms with Crippen molar-refractivity contribution in [3.8, 4) is 11.5 Å². The van der Waals surface area contributed by atoms with Crippen LogP contribution in [0.25, 0.3) is 0 Å². The predicted molar refractivity (Wildman–Crippen MR) is 125 cm³/mol. The van der Waals surface area contributed by atoms with E-state index in [4.69, 9.17) is 32.7 Å². The highest BCUT2D eigenvalue weighted by molar-refractivity contribution is 6.42. The lowest BCUT2D eigenvalue weighted by molar-refractivity contribution is -0.136. The van der Waals surface area contributed by atoms with Gasteiger partial charge in [-0.3, -0.25) is 9.59 Å². The fraction of sp³-hybridized carbons (Fsp3) is 0.0870. The van der Waals surface area contributed by atoms with E-state index < -0.39 is 11.8 Å². The van der Waals surface area contributed by atoms with Crippen molar-refractivity contribution >= 4 is 46.9 Å². The molecule has 0 aromatic heterocycles. The molecule has 33 heavy (non-hydrogen) atoms. The Kier molecular flexibility index (Phi) is 8.23. The number of halogens is 3. The number of nitrogens with zero attached hydrogens (tertiary/aromatic N) is 1. The van der Waals surface area contributed by atoms with Crippen molar-refractivity contribution in [2.45, 2.75) is 6.61 Å². The van der Waals surface area contributed by atoms with E-state index in [9.17, 15) is 14.0 Å². The number of hydrogen-bond donors (Lipinski definition) is 2. The van der Waals surface area contributed by atoms with Gasteiger partial charge in [0.2, 0.25) is 0 Å². The number of rotatable bonds is 7. The summed E-state index contributed by atoms with van der Waals surface area (Å²) in [6, 6.07) is 15.4. The van der Waals surface area contributed by atoms with Gasteiger partial charge in [-0.15, -0.1) is 0 Å². The number of hydrogen-bond acceptors (Lipinski definition) is 5. The third-order valence-electron chi connectivity index (χ3n) is 4.26. The Hall–Kier alpha value is -3.62. The van der Waals surface area contributed by atoms with Crippen LogP contribution in [0.15, 0.2) is 65.8 Å². The monoisotopic (exact) mass is 489 g/mol. The molecule has 3 aromatic rings. The average Bonchev–Trinajstić information content (AvgIpc) is 2.81. The van der Waals surface area contributed by atoms with Gasteiger partial charge in [-0.25, -0.2) is 9.82 Å². The van der Waals surface area contributed by atoms with Crippen LogP contribution in [0.1, 0.15) is 11.1 Å². The summed E-state index contributed by atoms with van der Waals surface area (Å²) < 4.78 is 24.1. The number of benzene rings is 3. The number of carbonyl (C=O) groups excluding carboxylic acids is 2. The van der Waals surface area contributed by atoms with Crippen LogP contribution in [0, 0.1) is 5.82 Å². The lowest BCUT2D eigenvalue weighted by Gasteiger charge is -2.11. The van der Waals surface area contributed by atoms with Crippen molar-refractivity contribution in [2.24, 2.45) is 5.10 Å². The highest BCUT2D eigenvalue weighted by Gasteiger charge is 2.13. The fourth-order valence-electron chi connectivity index (χ4n) is 2.60. The van der Waals surface area contributed by atoms with Crippen LogP contribution in [-0.4, -0.2) is 25.1 Å². The van der Waals surface area contributed by atoms with Crippen LogP contribution < -0.4 is 20.2 Å². The van der Waals surface area contributed by atoms with E-state index in [-0.39, 0.29) is 17.4 Å². The number of hydrazone groups is 1.